The molecule has 0 unspecified atom stereocenters. The Morgan fingerprint density at radius 1 is 0.760 bits per heavy atom. The molecule has 128 valence electrons. The second-order valence-electron chi connectivity index (χ2n) is 5.92. The van der Waals surface area contributed by atoms with Gasteiger partial charge >= 0.3 is 156 Å². The zero-order chi connectivity index (χ0) is 17.8. The number of halogens is 1. The standard InChI is InChI=1S/C21H20BrO2P/c1-24-21(23)17-25(22,18-11-5-2-6-12-18,19-13-7-3-8-14-19)20-15-9-4-10-16-20/h2-16H,17H2,1H3. The van der Waals surface area contributed by atoms with Crippen LogP contribution in [0.3, 0.4) is 0 Å². The van der Waals surface area contributed by atoms with Crippen LogP contribution in [-0.4, -0.2) is 19.2 Å². The zero-order valence-electron chi connectivity index (χ0n) is 14.0. The molecule has 0 amide bonds. The average Bonchev–Trinajstić information content (AvgIpc) is 2.70. The van der Waals surface area contributed by atoms with E-state index in [1.54, 1.807) is 0 Å². The van der Waals surface area contributed by atoms with Crippen LogP contribution in [0.5, 0.6) is 0 Å². The third-order valence-corrected chi connectivity index (χ3v) is 14.0. The molecule has 3 aromatic carbocycles. The van der Waals surface area contributed by atoms with Crippen molar-refractivity contribution in [3.63, 3.8) is 0 Å². The Bertz CT molecular complexity index is 751. The minimum atomic E-state index is -3.18. The number of hydrogen-bond donors (Lipinski definition) is 0. The van der Waals surface area contributed by atoms with Crippen molar-refractivity contribution in [1.82, 2.24) is 0 Å². The predicted octanol–water partition coefficient (Wildman–Crippen LogP) is 4.00. The fraction of sp³-hybridized carbons (Fsp3) is 0.0952. The molecule has 4 heteroatoms. The van der Waals surface area contributed by atoms with Crippen LogP contribution in [0, 0.1) is 0 Å². The van der Waals surface area contributed by atoms with E-state index in [2.05, 4.69) is 51.9 Å². The number of ether oxygens (including phenoxy) is 1. The molecule has 0 saturated carbocycles. The van der Waals surface area contributed by atoms with E-state index in [1.165, 1.54) is 7.11 Å². The van der Waals surface area contributed by atoms with Crippen LogP contribution < -0.4 is 15.9 Å². The molecule has 0 aliphatic carbocycles. The molecule has 0 bridgehead atoms. The van der Waals surface area contributed by atoms with Crippen molar-refractivity contribution < 1.29 is 9.53 Å². The van der Waals surface area contributed by atoms with Gasteiger partial charge in [0.15, 0.2) is 0 Å². The summed E-state index contributed by atoms with van der Waals surface area (Å²) >= 11 is 4.19. The van der Waals surface area contributed by atoms with Gasteiger partial charge in [0.2, 0.25) is 0 Å². The molecule has 0 atom stereocenters. The molecule has 0 N–H and O–H groups in total. The molecule has 3 aromatic rings. The van der Waals surface area contributed by atoms with Crippen LogP contribution >= 0.6 is 20.8 Å². The quantitative estimate of drug-likeness (QED) is 0.465. The number of rotatable bonds is 5. The molecule has 0 aliphatic heterocycles. The van der Waals surface area contributed by atoms with Crippen LogP contribution in [0.1, 0.15) is 0 Å². The Hall–Kier alpha value is -1.96. The van der Waals surface area contributed by atoms with Gasteiger partial charge in [0.05, 0.1) is 0 Å². The van der Waals surface area contributed by atoms with E-state index in [0.717, 1.165) is 15.9 Å². The molecule has 2 nitrogen and oxygen atoms in total. The number of methoxy groups -OCH3 is 1. The number of carbonyl (C=O) groups is 1. The Morgan fingerprint density at radius 2 is 1.08 bits per heavy atom. The normalized spacial score (nSPS) is 12.8. The van der Waals surface area contributed by atoms with E-state index in [4.69, 9.17) is 4.74 Å². The summed E-state index contributed by atoms with van der Waals surface area (Å²) in [7, 11) is 1.44. The number of hydrogen-bond acceptors (Lipinski definition) is 2. The Labute approximate surface area is 156 Å². The van der Waals surface area contributed by atoms with Crippen molar-refractivity contribution in [3.8, 4) is 0 Å². The molecule has 25 heavy (non-hydrogen) atoms. The number of carbonyl (C=O) groups excluding carboxylic acids is 1. The van der Waals surface area contributed by atoms with Crippen LogP contribution in [-0.2, 0) is 9.53 Å². The van der Waals surface area contributed by atoms with Crippen LogP contribution in [0.15, 0.2) is 91.0 Å². The average molecular weight is 415 g/mol. The number of esters is 1. The summed E-state index contributed by atoms with van der Waals surface area (Å²) in [5, 5.41) is 0.142. The van der Waals surface area contributed by atoms with Crippen LogP contribution in [0.25, 0.3) is 0 Å². The van der Waals surface area contributed by atoms with Gasteiger partial charge in [0.1, 0.15) is 0 Å². The van der Waals surface area contributed by atoms with Crippen LogP contribution in [0.2, 0.25) is 0 Å². The van der Waals surface area contributed by atoms with Gasteiger partial charge < -0.3 is 0 Å². The molecule has 0 aliphatic rings. The molecule has 0 spiro atoms. The first-order valence-corrected chi connectivity index (χ1v) is 12.5. The first-order chi connectivity index (χ1) is 12.1. The van der Waals surface area contributed by atoms with Crippen molar-refractivity contribution in [1.29, 1.82) is 0 Å². The molecule has 3 rings (SSSR count). The van der Waals surface area contributed by atoms with Gasteiger partial charge in [-0.05, 0) is 0 Å². The Balaban J connectivity index is 2.42. The van der Waals surface area contributed by atoms with Gasteiger partial charge in [-0.25, -0.2) is 0 Å². The van der Waals surface area contributed by atoms with Crippen molar-refractivity contribution >= 4 is 42.7 Å². The summed E-state index contributed by atoms with van der Waals surface area (Å²) < 4.78 is 5.10. The topological polar surface area (TPSA) is 26.3 Å². The van der Waals surface area contributed by atoms with Gasteiger partial charge in [0, 0.05) is 0 Å². The van der Waals surface area contributed by atoms with Gasteiger partial charge in [-0.3, -0.25) is 0 Å². The first kappa shape index (κ1) is 17.8. The number of benzene rings is 3. The fourth-order valence-electron chi connectivity index (χ4n) is 3.24. The zero-order valence-corrected chi connectivity index (χ0v) is 16.5. The Kier molecular flexibility index (Phi) is 5.08. The Morgan fingerprint density at radius 3 is 1.36 bits per heavy atom. The van der Waals surface area contributed by atoms with Crippen LogP contribution in [0.4, 0.5) is 0 Å². The summed E-state index contributed by atoms with van der Waals surface area (Å²) in [4.78, 5) is 12.5. The van der Waals surface area contributed by atoms with E-state index in [1.807, 2.05) is 54.6 Å². The predicted molar refractivity (Wildman–Crippen MR) is 111 cm³/mol. The molecule has 0 radical (unpaired) electrons. The first-order valence-electron chi connectivity index (χ1n) is 8.06. The third kappa shape index (κ3) is 3.03. The van der Waals surface area contributed by atoms with Gasteiger partial charge in [-0.15, -0.1) is 0 Å². The maximum absolute atomic E-state index is 12.5. The van der Waals surface area contributed by atoms with Gasteiger partial charge in [0.25, 0.3) is 0 Å². The summed E-state index contributed by atoms with van der Waals surface area (Å²) in [5.74, 6) is -0.230. The molecular weight excluding hydrogens is 395 g/mol. The summed E-state index contributed by atoms with van der Waals surface area (Å²) in [6, 6.07) is 30.6. The van der Waals surface area contributed by atoms with E-state index in [0.29, 0.717) is 0 Å². The SMILES string of the molecule is COC(=O)CP(Br)(c1ccccc1)(c1ccccc1)c1ccccc1. The van der Waals surface area contributed by atoms with E-state index in [9.17, 15) is 4.79 Å². The van der Waals surface area contributed by atoms with Gasteiger partial charge in [-0.2, -0.15) is 0 Å². The fourth-order valence-corrected chi connectivity index (χ4v) is 10.4. The third-order valence-electron chi connectivity index (χ3n) is 4.54. The summed E-state index contributed by atoms with van der Waals surface area (Å²) in [5.41, 5.74) is 0. The molecule has 0 aromatic heterocycles. The minimum absolute atomic E-state index is 0.230. The summed E-state index contributed by atoms with van der Waals surface area (Å²) in [6.07, 6.45) is 0.264. The van der Waals surface area contributed by atoms with Crippen molar-refractivity contribution in [2.24, 2.45) is 0 Å². The van der Waals surface area contributed by atoms with E-state index < -0.39 is 5.31 Å². The van der Waals surface area contributed by atoms with E-state index in [-0.39, 0.29) is 12.1 Å². The molecule has 0 saturated heterocycles. The maximum atomic E-state index is 12.5. The van der Waals surface area contributed by atoms with Gasteiger partial charge in [-0.1, -0.05) is 0 Å². The molecular formula is C21H20BrO2P. The monoisotopic (exact) mass is 414 g/mol. The second-order valence-corrected chi connectivity index (χ2v) is 14.9. The van der Waals surface area contributed by atoms with E-state index >= 15 is 0 Å². The second kappa shape index (κ2) is 7.11. The van der Waals surface area contributed by atoms with Crippen molar-refractivity contribution in [3.05, 3.63) is 91.0 Å². The van der Waals surface area contributed by atoms with Crippen molar-refractivity contribution in [2.45, 2.75) is 0 Å². The molecule has 0 fully saturated rings. The van der Waals surface area contributed by atoms with Crippen molar-refractivity contribution in [2.75, 3.05) is 13.3 Å². The summed E-state index contributed by atoms with van der Waals surface area (Å²) in [6.45, 7) is 0. The molecule has 0 heterocycles.